The van der Waals surface area contributed by atoms with Crippen LogP contribution in [-0.2, 0) is 11.3 Å². The number of carbonyl (C=O) groups is 1. The van der Waals surface area contributed by atoms with Gasteiger partial charge in [-0.2, -0.15) is 0 Å². The number of ether oxygens (including phenoxy) is 1. The Balaban J connectivity index is 1.23. The number of nitrogen functional groups attached to an aromatic ring is 1. The van der Waals surface area contributed by atoms with Crippen LogP contribution < -0.4 is 11.1 Å². The summed E-state index contributed by atoms with van der Waals surface area (Å²) in [4.78, 5) is 13.0. The minimum Gasteiger partial charge on any atom is -0.384 e. The number of nitrogens with two attached hydrogens (primary N) is 1. The van der Waals surface area contributed by atoms with Crippen LogP contribution in [0.2, 0.25) is 0 Å². The van der Waals surface area contributed by atoms with E-state index in [1.807, 2.05) is 44.2 Å². The van der Waals surface area contributed by atoms with E-state index >= 15 is 0 Å². The van der Waals surface area contributed by atoms with Crippen molar-refractivity contribution in [2.45, 2.75) is 51.4 Å². The smallest absolute Gasteiger partial charge is 0.251 e. The molecule has 1 unspecified atom stereocenters. The molecule has 0 saturated heterocycles. The quantitative estimate of drug-likeness (QED) is 0.391. The van der Waals surface area contributed by atoms with Crippen LogP contribution in [0.25, 0.3) is 0 Å². The third-order valence-electron chi connectivity index (χ3n) is 7.34. The lowest BCUT2D eigenvalue weighted by atomic mass is 9.84. The molecule has 4 N–H and O–H groups in total. The summed E-state index contributed by atoms with van der Waals surface area (Å²) in [6.07, 6.45) is 2.47. The maximum Gasteiger partial charge on any atom is 0.251 e. The Kier molecular flexibility index (Phi) is 4.46. The second-order valence-electron chi connectivity index (χ2n) is 9.59. The number of amides is 1. The molecule has 33 heavy (non-hydrogen) atoms. The van der Waals surface area contributed by atoms with E-state index in [-0.39, 0.29) is 24.0 Å². The molecule has 0 spiro atoms. The predicted octanol–water partition coefficient (Wildman–Crippen LogP) is 4.92. The highest BCUT2D eigenvalue weighted by Gasteiger charge is 2.43. The number of fused-ring (bicyclic) bond motifs is 8. The van der Waals surface area contributed by atoms with Gasteiger partial charge in [-0.1, -0.05) is 24.3 Å². The first-order chi connectivity index (χ1) is 15.9. The van der Waals surface area contributed by atoms with Crippen molar-refractivity contribution in [2.24, 2.45) is 5.73 Å². The lowest BCUT2D eigenvalue weighted by Crippen LogP contribution is -2.24. The Morgan fingerprint density at radius 1 is 0.939 bits per heavy atom. The zero-order chi connectivity index (χ0) is 22.9. The first kappa shape index (κ1) is 20.2. The van der Waals surface area contributed by atoms with Crippen LogP contribution in [0, 0.1) is 19.3 Å². The maximum absolute atomic E-state index is 13.0. The lowest BCUT2D eigenvalue weighted by Gasteiger charge is -2.18. The summed E-state index contributed by atoms with van der Waals surface area (Å²) in [5.41, 5.74) is 16.3. The van der Waals surface area contributed by atoms with Crippen LogP contribution in [0.4, 0.5) is 0 Å². The van der Waals surface area contributed by atoms with Gasteiger partial charge in [-0.15, -0.1) is 0 Å². The molecule has 2 atom stereocenters. The molecule has 0 radical (unpaired) electrons. The molecule has 5 nitrogen and oxygen atoms in total. The van der Waals surface area contributed by atoms with Gasteiger partial charge in [-0.05, 0) is 101 Å². The van der Waals surface area contributed by atoms with Gasteiger partial charge in [0, 0.05) is 17.7 Å². The van der Waals surface area contributed by atoms with Gasteiger partial charge in [0.25, 0.3) is 5.91 Å². The van der Waals surface area contributed by atoms with Gasteiger partial charge in [0.05, 0.1) is 0 Å². The van der Waals surface area contributed by atoms with Crippen molar-refractivity contribution < 1.29 is 9.53 Å². The van der Waals surface area contributed by atoms with Crippen molar-refractivity contribution in [1.82, 2.24) is 5.32 Å². The Hall–Kier alpha value is -3.44. The summed E-state index contributed by atoms with van der Waals surface area (Å²) in [5.74, 6) is 0.668. The predicted molar refractivity (Wildman–Crippen MR) is 128 cm³/mol. The molecule has 2 heterocycles. The Morgan fingerprint density at radius 2 is 1.58 bits per heavy atom. The second kappa shape index (κ2) is 7.29. The fraction of sp³-hybridized carbons (Fsp3) is 0.286. The molecule has 166 valence electrons. The first-order valence-corrected chi connectivity index (χ1v) is 11.6. The molecule has 3 aliphatic rings. The lowest BCUT2D eigenvalue weighted by molar-refractivity contribution is 0.0857. The van der Waals surface area contributed by atoms with Crippen molar-refractivity contribution in [2.75, 3.05) is 0 Å². The summed E-state index contributed by atoms with van der Waals surface area (Å²) in [5, 5.41) is 10.7. The summed E-state index contributed by atoms with van der Waals surface area (Å²) in [6.45, 7) is 4.40. The fourth-order valence-electron chi connectivity index (χ4n) is 5.37. The Bertz CT molecular complexity index is 1320. The van der Waals surface area contributed by atoms with Gasteiger partial charge in [0.1, 0.15) is 18.0 Å². The number of carbonyl (C=O) groups excluding carboxylic acids is 1. The van der Waals surface area contributed by atoms with E-state index < -0.39 is 0 Å². The average molecular weight is 438 g/mol. The molecule has 6 rings (SSSR count). The molecule has 3 aromatic carbocycles. The van der Waals surface area contributed by atoms with Gasteiger partial charge >= 0.3 is 0 Å². The van der Waals surface area contributed by atoms with E-state index in [9.17, 15) is 4.79 Å². The average Bonchev–Trinajstić information content (AvgIpc) is 3.50. The van der Waals surface area contributed by atoms with Crippen molar-refractivity contribution in [1.29, 1.82) is 5.41 Å². The zero-order valence-corrected chi connectivity index (χ0v) is 18.9. The van der Waals surface area contributed by atoms with Crippen LogP contribution in [0.15, 0.2) is 48.5 Å². The first-order valence-electron chi connectivity index (χ1n) is 11.6. The summed E-state index contributed by atoms with van der Waals surface area (Å²) in [6, 6.07) is 16.6. The number of rotatable bonds is 5. The highest BCUT2D eigenvalue weighted by Crippen LogP contribution is 2.55. The number of hydrogen-bond donors (Lipinski definition) is 3. The molecule has 1 fully saturated rings. The number of nitrogens with one attached hydrogen (secondary N) is 2. The van der Waals surface area contributed by atoms with Crippen molar-refractivity contribution in [3.63, 3.8) is 0 Å². The highest BCUT2D eigenvalue weighted by molar-refractivity contribution is 5.96. The molecule has 3 aromatic rings. The van der Waals surface area contributed by atoms with Crippen molar-refractivity contribution in [3.8, 4) is 0 Å². The third-order valence-corrected chi connectivity index (χ3v) is 7.34. The largest absolute Gasteiger partial charge is 0.384 e. The SMILES string of the molecule is Cc1cc(C(=N)N)cc(C)c1CNC(=O)c1ccc2c(c1)[C@@H]1OC2c2ccc(C3CC3)cc21. The molecule has 2 aliphatic heterocycles. The van der Waals surface area contributed by atoms with Crippen LogP contribution in [0.5, 0.6) is 0 Å². The number of hydrogen-bond acceptors (Lipinski definition) is 3. The minimum atomic E-state index is -0.0954. The second-order valence-corrected chi connectivity index (χ2v) is 9.59. The molecular formula is C28H27N3O2. The van der Waals surface area contributed by atoms with Gasteiger partial charge < -0.3 is 15.8 Å². The summed E-state index contributed by atoms with van der Waals surface area (Å²) < 4.78 is 6.34. The van der Waals surface area contributed by atoms with Gasteiger partial charge in [-0.3, -0.25) is 10.2 Å². The number of amidine groups is 1. The number of aryl methyl sites for hydroxylation is 2. The van der Waals surface area contributed by atoms with E-state index in [1.165, 1.54) is 35.1 Å². The van der Waals surface area contributed by atoms with Gasteiger partial charge in [0.15, 0.2) is 0 Å². The van der Waals surface area contributed by atoms with Crippen molar-refractivity contribution >= 4 is 11.7 Å². The van der Waals surface area contributed by atoms with Crippen LogP contribution >= 0.6 is 0 Å². The fourth-order valence-corrected chi connectivity index (χ4v) is 5.37. The van der Waals surface area contributed by atoms with Crippen molar-refractivity contribution in [3.05, 3.63) is 104 Å². The molecule has 5 heteroatoms. The molecular weight excluding hydrogens is 410 g/mol. The third kappa shape index (κ3) is 3.26. The van der Waals surface area contributed by atoms with E-state index in [4.69, 9.17) is 15.9 Å². The number of benzene rings is 3. The van der Waals surface area contributed by atoms with E-state index in [2.05, 4.69) is 23.5 Å². The monoisotopic (exact) mass is 437 g/mol. The molecule has 0 aromatic heterocycles. The highest BCUT2D eigenvalue weighted by atomic mass is 16.5. The molecule has 2 bridgehead atoms. The normalized spacial score (nSPS) is 19.8. The van der Waals surface area contributed by atoms with Crippen LogP contribution in [-0.4, -0.2) is 11.7 Å². The topological polar surface area (TPSA) is 88.2 Å². The van der Waals surface area contributed by atoms with Crippen LogP contribution in [0.1, 0.15) is 91.4 Å². The Labute approximate surface area is 193 Å². The van der Waals surface area contributed by atoms with E-state index in [0.29, 0.717) is 23.6 Å². The van der Waals surface area contributed by atoms with Gasteiger partial charge in [0.2, 0.25) is 0 Å². The minimum absolute atomic E-state index is 0.0181. The zero-order valence-electron chi connectivity index (χ0n) is 18.9. The standard InChI is InChI=1S/C28H27N3O2/c1-14-9-19(27(29)30)10-15(2)24(14)13-31-28(32)18-6-8-21-23(12-18)26-22-11-17(16-3-4-16)5-7-20(22)25(21)33-26/h5-12,16,25-26H,3-4,13H2,1-2H3,(H3,29,30)(H,31,32)/t25?,26-/m1/s1. The maximum atomic E-state index is 13.0. The van der Waals surface area contributed by atoms with Gasteiger partial charge in [-0.25, -0.2) is 0 Å². The summed E-state index contributed by atoms with van der Waals surface area (Å²) in [7, 11) is 0. The molecule has 1 aliphatic carbocycles. The Morgan fingerprint density at radius 3 is 2.24 bits per heavy atom. The van der Waals surface area contributed by atoms with Crippen LogP contribution in [0.3, 0.4) is 0 Å². The summed E-state index contributed by atoms with van der Waals surface area (Å²) >= 11 is 0. The van der Waals surface area contributed by atoms with E-state index in [1.54, 1.807) is 0 Å². The molecule has 1 saturated carbocycles. The van der Waals surface area contributed by atoms with E-state index in [0.717, 1.165) is 22.3 Å². The molecule has 1 amide bonds.